The molecule has 0 aliphatic heterocycles. The number of nitrogens with one attached hydrogen (secondary N) is 1. The molecule has 1 heterocycles. The summed E-state index contributed by atoms with van der Waals surface area (Å²) in [5.41, 5.74) is 4.91. The highest BCUT2D eigenvalue weighted by Crippen LogP contribution is 2.20. The standard InChI is InChI=1S/C24H33N3/c1-27(2)21-17-18-22-23(19-21)26-24(25-22)16-12-7-5-3-4-6-9-13-20-14-10-8-11-15-20/h8,10-11,14-15,17-19H,3-7,9,12-13,16H2,1-2H3,(H,25,26). The molecule has 0 atom stereocenters. The number of aromatic nitrogens is 2. The summed E-state index contributed by atoms with van der Waals surface area (Å²) in [4.78, 5) is 10.3. The highest BCUT2D eigenvalue weighted by molar-refractivity contribution is 5.79. The molecule has 3 heteroatoms. The molecular formula is C24H33N3. The van der Waals surface area contributed by atoms with Crippen molar-refractivity contribution >= 4 is 16.7 Å². The number of benzene rings is 2. The maximum atomic E-state index is 4.73. The fourth-order valence-corrected chi connectivity index (χ4v) is 3.60. The summed E-state index contributed by atoms with van der Waals surface area (Å²) in [6, 6.07) is 17.3. The maximum Gasteiger partial charge on any atom is 0.107 e. The second-order valence-corrected chi connectivity index (χ2v) is 7.74. The quantitative estimate of drug-likeness (QED) is 0.415. The summed E-state index contributed by atoms with van der Waals surface area (Å²) in [5.74, 6) is 1.13. The molecule has 0 aliphatic carbocycles. The lowest BCUT2D eigenvalue weighted by Crippen LogP contribution is -2.07. The van der Waals surface area contributed by atoms with Crippen molar-refractivity contribution in [2.75, 3.05) is 19.0 Å². The van der Waals surface area contributed by atoms with Crippen molar-refractivity contribution in [2.24, 2.45) is 0 Å². The third-order valence-corrected chi connectivity index (χ3v) is 5.25. The molecule has 0 radical (unpaired) electrons. The van der Waals surface area contributed by atoms with Crippen LogP contribution < -0.4 is 4.90 Å². The Hall–Kier alpha value is -2.29. The van der Waals surface area contributed by atoms with Gasteiger partial charge in [0.1, 0.15) is 5.82 Å². The lowest BCUT2D eigenvalue weighted by atomic mass is 10.0. The van der Waals surface area contributed by atoms with E-state index in [2.05, 4.69) is 72.5 Å². The SMILES string of the molecule is CN(C)c1ccc2nc(CCCCCCCCCc3ccccc3)[nH]c2c1. The molecule has 1 N–H and O–H groups in total. The molecule has 3 nitrogen and oxygen atoms in total. The zero-order valence-electron chi connectivity index (χ0n) is 16.9. The molecule has 2 aromatic carbocycles. The van der Waals surface area contributed by atoms with E-state index in [1.807, 2.05) is 0 Å². The number of hydrogen-bond donors (Lipinski definition) is 1. The van der Waals surface area contributed by atoms with Crippen LogP contribution >= 0.6 is 0 Å². The first kappa shape index (κ1) is 19.5. The zero-order chi connectivity index (χ0) is 18.9. The highest BCUT2D eigenvalue weighted by atomic mass is 15.1. The molecule has 0 spiro atoms. The van der Waals surface area contributed by atoms with Gasteiger partial charge in [-0.3, -0.25) is 0 Å². The topological polar surface area (TPSA) is 31.9 Å². The first-order valence-corrected chi connectivity index (χ1v) is 10.4. The van der Waals surface area contributed by atoms with E-state index in [0.717, 1.165) is 23.3 Å². The largest absolute Gasteiger partial charge is 0.378 e. The molecule has 3 aromatic rings. The Balaban J connectivity index is 1.27. The Bertz CT molecular complexity index is 805. The van der Waals surface area contributed by atoms with Crippen molar-refractivity contribution in [3.63, 3.8) is 0 Å². The number of nitrogens with zero attached hydrogens (tertiary/aromatic N) is 2. The first-order valence-electron chi connectivity index (χ1n) is 10.4. The van der Waals surface area contributed by atoms with Gasteiger partial charge in [0.05, 0.1) is 11.0 Å². The van der Waals surface area contributed by atoms with Crippen LogP contribution in [-0.2, 0) is 12.8 Å². The normalized spacial score (nSPS) is 11.2. The summed E-state index contributed by atoms with van der Waals surface area (Å²) in [6.07, 6.45) is 11.6. The Kier molecular flexibility index (Phi) is 7.32. The zero-order valence-corrected chi connectivity index (χ0v) is 16.9. The molecule has 0 fully saturated rings. The van der Waals surface area contributed by atoms with Gasteiger partial charge in [0, 0.05) is 26.2 Å². The van der Waals surface area contributed by atoms with Crippen molar-refractivity contribution in [2.45, 2.75) is 57.8 Å². The lowest BCUT2D eigenvalue weighted by Gasteiger charge is -2.11. The van der Waals surface area contributed by atoms with E-state index in [-0.39, 0.29) is 0 Å². The lowest BCUT2D eigenvalue weighted by molar-refractivity contribution is 0.576. The van der Waals surface area contributed by atoms with E-state index < -0.39 is 0 Å². The van der Waals surface area contributed by atoms with E-state index in [0.29, 0.717) is 0 Å². The number of fused-ring (bicyclic) bond motifs is 1. The number of anilines is 1. The summed E-state index contributed by atoms with van der Waals surface area (Å²) < 4.78 is 0. The van der Waals surface area contributed by atoms with Crippen molar-refractivity contribution in [1.29, 1.82) is 0 Å². The first-order chi connectivity index (χ1) is 13.2. The van der Waals surface area contributed by atoms with E-state index >= 15 is 0 Å². The average molecular weight is 364 g/mol. The van der Waals surface area contributed by atoms with Crippen molar-refractivity contribution in [1.82, 2.24) is 9.97 Å². The molecule has 0 aliphatic rings. The fraction of sp³-hybridized carbons (Fsp3) is 0.458. The number of rotatable bonds is 11. The molecule has 0 saturated heterocycles. The molecule has 0 unspecified atom stereocenters. The van der Waals surface area contributed by atoms with Crippen LogP contribution in [0.25, 0.3) is 11.0 Å². The van der Waals surface area contributed by atoms with Gasteiger partial charge in [0.2, 0.25) is 0 Å². The Labute approximate surface area is 163 Å². The molecule has 0 amide bonds. The number of aryl methyl sites for hydroxylation is 2. The van der Waals surface area contributed by atoms with Crippen LogP contribution in [0.4, 0.5) is 5.69 Å². The van der Waals surface area contributed by atoms with Crippen molar-refractivity contribution in [3.8, 4) is 0 Å². The minimum atomic E-state index is 1.06. The Morgan fingerprint density at radius 3 is 2.15 bits per heavy atom. The second kappa shape index (κ2) is 10.1. The minimum absolute atomic E-state index is 1.06. The molecule has 0 bridgehead atoms. The van der Waals surface area contributed by atoms with E-state index in [1.54, 1.807) is 0 Å². The Morgan fingerprint density at radius 2 is 1.44 bits per heavy atom. The Morgan fingerprint density at radius 1 is 0.778 bits per heavy atom. The number of unbranched alkanes of at least 4 members (excludes halogenated alkanes) is 6. The van der Waals surface area contributed by atoms with Crippen LogP contribution in [0.15, 0.2) is 48.5 Å². The summed E-state index contributed by atoms with van der Waals surface area (Å²) >= 11 is 0. The predicted octanol–water partition coefficient (Wildman–Crippen LogP) is 6.14. The number of H-pyrrole nitrogens is 1. The molecule has 3 rings (SSSR count). The van der Waals surface area contributed by atoms with Gasteiger partial charge in [-0.05, 0) is 43.0 Å². The number of hydrogen-bond acceptors (Lipinski definition) is 2. The minimum Gasteiger partial charge on any atom is -0.378 e. The van der Waals surface area contributed by atoms with Crippen LogP contribution in [0.3, 0.4) is 0 Å². The van der Waals surface area contributed by atoms with Crippen LogP contribution in [0.2, 0.25) is 0 Å². The van der Waals surface area contributed by atoms with Crippen LogP contribution in [-0.4, -0.2) is 24.1 Å². The predicted molar refractivity (Wildman–Crippen MR) is 117 cm³/mol. The van der Waals surface area contributed by atoms with Gasteiger partial charge in [-0.2, -0.15) is 0 Å². The summed E-state index contributed by atoms with van der Waals surface area (Å²) in [7, 11) is 4.14. The van der Waals surface area contributed by atoms with Crippen molar-refractivity contribution < 1.29 is 0 Å². The van der Waals surface area contributed by atoms with Gasteiger partial charge in [-0.25, -0.2) is 4.98 Å². The smallest absolute Gasteiger partial charge is 0.107 e. The third-order valence-electron chi connectivity index (χ3n) is 5.25. The number of imidazole rings is 1. The van der Waals surface area contributed by atoms with Gasteiger partial charge in [0.15, 0.2) is 0 Å². The maximum absolute atomic E-state index is 4.73. The highest BCUT2D eigenvalue weighted by Gasteiger charge is 2.04. The molecule has 0 saturated carbocycles. The van der Waals surface area contributed by atoms with Gasteiger partial charge in [0.25, 0.3) is 0 Å². The van der Waals surface area contributed by atoms with E-state index in [9.17, 15) is 0 Å². The molecule has 144 valence electrons. The van der Waals surface area contributed by atoms with Gasteiger partial charge in [-0.15, -0.1) is 0 Å². The van der Waals surface area contributed by atoms with Gasteiger partial charge in [-0.1, -0.05) is 62.4 Å². The number of aromatic amines is 1. The summed E-state index contributed by atoms with van der Waals surface area (Å²) in [5, 5.41) is 0. The van der Waals surface area contributed by atoms with E-state index in [1.165, 1.54) is 62.6 Å². The fourth-order valence-electron chi connectivity index (χ4n) is 3.60. The molecule has 1 aromatic heterocycles. The van der Waals surface area contributed by atoms with Crippen LogP contribution in [0, 0.1) is 0 Å². The monoisotopic (exact) mass is 363 g/mol. The van der Waals surface area contributed by atoms with Crippen molar-refractivity contribution in [3.05, 3.63) is 59.9 Å². The van der Waals surface area contributed by atoms with Gasteiger partial charge >= 0.3 is 0 Å². The summed E-state index contributed by atoms with van der Waals surface area (Å²) in [6.45, 7) is 0. The third kappa shape index (κ3) is 6.13. The van der Waals surface area contributed by atoms with Crippen LogP contribution in [0.5, 0.6) is 0 Å². The van der Waals surface area contributed by atoms with E-state index in [4.69, 9.17) is 4.98 Å². The molecule has 27 heavy (non-hydrogen) atoms. The average Bonchev–Trinajstić information content (AvgIpc) is 3.09. The second-order valence-electron chi connectivity index (χ2n) is 7.74. The molecular weight excluding hydrogens is 330 g/mol. The van der Waals surface area contributed by atoms with Crippen LogP contribution in [0.1, 0.15) is 56.3 Å². The van der Waals surface area contributed by atoms with Gasteiger partial charge < -0.3 is 9.88 Å².